The summed E-state index contributed by atoms with van der Waals surface area (Å²) in [6, 6.07) is 20.1. The first-order chi connectivity index (χ1) is 15.0. The van der Waals surface area contributed by atoms with Crippen LogP contribution in [0, 0.1) is 13.8 Å². The Morgan fingerprint density at radius 2 is 1.68 bits per heavy atom. The molecule has 3 aromatic carbocycles. The van der Waals surface area contributed by atoms with Crippen LogP contribution in [0.4, 0.5) is 17.1 Å². The van der Waals surface area contributed by atoms with Crippen molar-refractivity contribution in [3.8, 4) is 5.75 Å². The van der Waals surface area contributed by atoms with E-state index in [0.717, 1.165) is 33.8 Å². The fraction of sp³-hybridized carbons (Fsp3) is 0.0833. The SMILES string of the molecule is Cc1ccccc1N=Nc1ccc(N=C2NC(=O)/C(=C/c3ccc(O)cc3)S2)c(C)c1. The zero-order valence-corrected chi connectivity index (χ0v) is 17.9. The maximum Gasteiger partial charge on any atom is 0.264 e. The number of aryl methyl sites for hydroxylation is 2. The third kappa shape index (κ3) is 5.07. The quantitative estimate of drug-likeness (QED) is 0.377. The molecule has 31 heavy (non-hydrogen) atoms. The number of hydrogen-bond donors (Lipinski definition) is 2. The van der Waals surface area contributed by atoms with Crippen molar-refractivity contribution >= 4 is 46.0 Å². The van der Waals surface area contributed by atoms with Crippen LogP contribution in [-0.2, 0) is 4.79 Å². The molecule has 154 valence electrons. The number of thioether (sulfide) groups is 1. The number of carbonyl (C=O) groups excluding carboxylic acids is 1. The van der Waals surface area contributed by atoms with Crippen LogP contribution < -0.4 is 5.32 Å². The van der Waals surface area contributed by atoms with Gasteiger partial charge in [0.05, 0.1) is 22.0 Å². The van der Waals surface area contributed by atoms with Crippen molar-refractivity contribution < 1.29 is 9.90 Å². The second-order valence-electron chi connectivity index (χ2n) is 7.03. The Kier molecular flexibility index (Phi) is 5.95. The van der Waals surface area contributed by atoms with E-state index in [1.807, 2.05) is 56.3 Å². The molecule has 1 fully saturated rings. The van der Waals surface area contributed by atoms with Gasteiger partial charge in [0.25, 0.3) is 5.91 Å². The van der Waals surface area contributed by atoms with Crippen molar-refractivity contribution in [1.29, 1.82) is 0 Å². The molecule has 3 aromatic rings. The lowest BCUT2D eigenvalue weighted by Gasteiger charge is -2.03. The highest BCUT2D eigenvalue weighted by Crippen LogP contribution is 2.31. The average molecular weight is 429 g/mol. The van der Waals surface area contributed by atoms with E-state index in [1.165, 1.54) is 11.8 Å². The number of carbonyl (C=O) groups is 1. The van der Waals surface area contributed by atoms with Gasteiger partial charge in [-0.15, -0.1) is 0 Å². The minimum atomic E-state index is -0.196. The smallest absolute Gasteiger partial charge is 0.264 e. The standard InChI is InChI=1S/C24H20N4O2S/c1-15-5-3-4-6-21(15)28-27-18-9-12-20(16(2)13-18)25-24-26-23(30)22(31-24)14-17-7-10-19(29)11-8-17/h3-14,29H,1-2H3,(H,25,26,30)/b22-14-,28-27?. The monoisotopic (exact) mass is 428 g/mol. The molecule has 0 aromatic heterocycles. The number of benzene rings is 3. The Morgan fingerprint density at radius 3 is 2.42 bits per heavy atom. The first-order valence-corrected chi connectivity index (χ1v) is 10.5. The first-order valence-electron chi connectivity index (χ1n) is 9.64. The van der Waals surface area contributed by atoms with Gasteiger partial charge < -0.3 is 10.4 Å². The highest BCUT2D eigenvalue weighted by molar-refractivity contribution is 8.18. The highest BCUT2D eigenvalue weighted by atomic mass is 32.2. The van der Waals surface area contributed by atoms with Crippen molar-refractivity contribution in [1.82, 2.24) is 5.32 Å². The number of hydrogen-bond acceptors (Lipinski definition) is 6. The molecule has 7 heteroatoms. The molecule has 1 saturated heterocycles. The molecule has 1 amide bonds. The molecule has 0 spiro atoms. The Morgan fingerprint density at radius 1 is 0.903 bits per heavy atom. The maximum absolute atomic E-state index is 12.3. The number of aromatic hydroxyl groups is 1. The summed E-state index contributed by atoms with van der Waals surface area (Å²) in [4.78, 5) is 17.4. The van der Waals surface area contributed by atoms with Gasteiger partial charge in [-0.1, -0.05) is 30.3 Å². The summed E-state index contributed by atoms with van der Waals surface area (Å²) < 4.78 is 0. The number of nitrogens with one attached hydrogen (secondary N) is 1. The molecule has 0 radical (unpaired) electrons. The van der Waals surface area contributed by atoms with Gasteiger partial charge in [-0.25, -0.2) is 4.99 Å². The molecule has 0 unspecified atom stereocenters. The van der Waals surface area contributed by atoms with Crippen molar-refractivity contribution in [2.45, 2.75) is 13.8 Å². The normalized spacial score (nSPS) is 16.4. The van der Waals surface area contributed by atoms with E-state index >= 15 is 0 Å². The zero-order chi connectivity index (χ0) is 21.8. The summed E-state index contributed by atoms with van der Waals surface area (Å²) in [7, 11) is 0. The molecule has 0 bridgehead atoms. The second-order valence-corrected chi connectivity index (χ2v) is 8.06. The average Bonchev–Trinajstić information content (AvgIpc) is 3.09. The van der Waals surface area contributed by atoms with Crippen LogP contribution in [0.3, 0.4) is 0 Å². The van der Waals surface area contributed by atoms with Crippen LogP contribution in [0.25, 0.3) is 6.08 Å². The van der Waals surface area contributed by atoms with Crippen LogP contribution >= 0.6 is 11.8 Å². The molecule has 0 atom stereocenters. The third-order valence-corrected chi connectivity index (χ3v) is 5.54. The number of azo groups is 1. The second kappa shape index (κ2) is 8.97. The lowest BCUT2D eigenvalue weighted by molar-refractivity contribution is -0.115. The fourth-order valence-electron chi connectivity index (χ4n) is 2.93. The van der Waals surface area contributed by atoms with Gasteiger partial charge in [-0.2, -0.15) is 10.2 Å². The van der Waals surface area contributed by atoms with Crippen molar-refractivity contribution in [3.05, 3.63) is 88.3 Å². The number of aliphatic imine (C=N–C) groups is 1. The van der Waals surface area contributed by atoms with E-state index in [4.69, 9.17) is 0 Å². The van der Waals surface area contributed by atoms with E-state index in [0.29, 0.717) is 10.1 Å². The van der Waals surface area contributed by atoms with E-state index in [1.54, 1.807) is 30.3 Å². The molecule has 1 aliphatic rings. The lowest BCUT2D eigenvalue weighted by Crippen LogP contribution is -2.19. The number of amides is 1. The summed E-state index contributed by atoms with van der Waals surface area (Å²) in [5.41, 5.74) is 5.15. The fourth-order valence-corrected chi connectivity index (χ4v) is 3.76. The van der Waals surface area contributed by atoms with Crippen LogP contribution in [0.5, 0.6) is 5.75 Å². The molecule has 0 aliphatic carbocycles. The Hall–Kier alpha value is -3.71. The molecule has 4 rings (SSSR count). The van der Waals surface area contributed by atoms with E-state index in [2.05, 4.69) is 20.5 Å². The first kappa shape index (κ1) is 20.6. The number of phenolic OH excluding ortho intramolecular Hbond substituents is 1. The third-order valence-electron chi connectivity index (χ3n) is 4.63. The minimum Gasteiger partial charge on any atom is -0.508 e. The Balaban J connectivity index is 1.51. The van der Waals surface area contributed by atoms with Crippen LogP contribution in [0.2, 0.25) is 0 Å². The molecule has 2 N–H and O–H groups in total. The number of amidine groups is 1. The van der Waals surface area contributed by atoms with Crippen molar-refractivity contribution in [3.63, 3.8) is 0 Å². The molecular formula is C24H20N4O2S. The van der Waals surface area contributed by atoms with Crippen molar-refractivity contribution in [2.24, 2.45) is 15.2 Å². The highest BCUT2D eigenvalue weighted by Gasteiger charge is 2.24. The minimum absolute atomic E-state index is 0.185. The maximum atomic E-state index is 12.3. The molecular weight excluding hydrogens is 408 g/mol. The zero-order valence-electron chi connectivity index (χ0n) is 17.0. The molecule has 6 nitrogen and oxygen atoms in total. The largest absolute Gasteiger partial charge is 0.508 e. The van der Waals surface area contributed by atoms with Crippen LogP contribution in [0.1, 0.15) is 16.7 Å². The van der Waals surface area contributed by atoms with Gasteiger partial charge in [0.15, 0.2) is 5.17 Å². The summed E-state index contributed by atoms with van der Waals surface area (Å²) in [5, 5.41) is 21.3. The van der Waals surface area contributed by atoms with Gasteiger partial charge in [0.2, 0.25) is 0 Å². The summed E-state index contributed by atoms with van der Waals surface area (Å²) in [5.74, 6) is -0.0107. The summed E-state index contributed by atoms with van der Waals surface area (Å²) in [6.07, 6.45) is 1.77. The van der Waals surface area contributed by atoms with Gasteiger partial charge in [-0.3, -0.25) is 4.79 Å². The van der Waals surface area contributed by atoms with E-state index < -0.39 is 0 Å². The van der Waals surface area contributed by atoms with E-state index in [9.17, 15) is 9.90 Å². The number of rotatable bonds is 4. The van der Waals surface area contributed by atoms with Gasteiger partial charge >= 0.3 is 0 Å². The Labute approximate surface area is 184 Å². The summed E-state index contributed by atoms with van der Waals surface area (Å²) >= 11 is 1.28. The van der Waals surface area contributed by atoms with E-state index in [-0.39, 0.29) is 11.7 Å². The van der Waals surface area contributed by atoms with Crippen molar-refractivity contribution in [2.75, 3.05) is 0 Å². The molecule has 1 heterocycles. The van der Waals surface area contributed by atoms with Gasteiger partial charge in [0, 0.05) is 0 Å². The van der Waals surface area contributed by atoms with Crippen LogP contribution in [-0.4, -0.2) is 16.2 Å². The lowest BCUT2D eigenvalue weighted by atomic mass is 10.2. The van der Waals surface area contributed by atoms with Crippen LogP contribution in [0.15, 0.2) is 86.9 Å². The molecule has 0 saturated carbocycles. The summed E-state index contributed by atoms with van der Waals surface area (Å²) in [6.45, 7) is 3.94. The predicted molar refractivity (Wildman–Crippen MR) is 125 cm³/mol. The van der Waals surface area contributed by atoms with Gasteiger partial charge in [-0.05, 0) is 84.8 Å². The number of phenols is 1. The Bertz CT molecular complexity index is 1230. The predicted octanol–water partition coefficient (Wildman–Crippen LogP) is 6.32. The van der Waals surface area contributed by atoms with Gasteiger partial charge in [0.1, 0.15) is 5.75 Å². The molecule has 1 aliphatic heterocycles. The number of nitrogens with zero attached hydrogens (tertiary/aromatic N) is 3. The topological polar surface area (TPSA) is 86.4 Å².